The lowest BCUT2D eigenvalue weighted by Crippen LogP contribution is -2.44. The molecule has 0 aliphatic rings. The zero-order chi connectivity index (χ0) is 63.3. The number of allylic oxidation sites excluding steroid dienone is 8. The molecule has 0 aliphatic heterocycles. The molecule has 0 bridgehead atoms. The van der Waals surface area contributed by atoms with Gasteiger partial charge < -0.3 is 33.3 Å². The third kappa shape index (κ3) is 70.6. The molecule has 0 saturated carbocycles. The van der Waals surface area contributed by atoms with Crippen molar-refractivity contribution >= 4 is 17.9 Å². The van der Waals surface area contributed by atoms with E-state index in [1.54, 1.807) is 0 Å². The first kappa shape index (κ1) is 84.2. The van der Waals surface area contributed by atoms with Crippen LogP contribution >= 0.6 is 0 Å². The molecule has 87 heavy (non-hydrogen) atoms. The van der Waals surface area contributed by atoms with Crippen LogP contribution < -0.4 is 5.11 Å². The van der Waals surface area contributed by atoms with Crippen molar-refractivity contribution in [2.75, 3.05) is 47.5 Å². The van der Waals surface area contributed by atoms with Crippen molar-refractivity contribution in [3.8, 4) is 0 Å². The number of nitrogens with zero attached hydrogens (tertiary/aromatic N) is 1. The van der Waals surface area contributed by atoms with Gasteiger partial charge in [-0.15, -0.1) is 0 Å². The molecule has 0 rings (SSSR count). The van der Waals surface area contributed by atoms with E-state index in [1.165, 1.54) is 295 Å². The fraction of sp³-hybridized carbons (Fsp3) is 0.859. The molecule has 0 fully saturated rings. The van der Waals surface area contributed by atoms with Crippen LogP contribution in [0.2, 0.25) is 0 Å². The van der Waals surface area contributed by atoms with Gasteiger partial charge in [0, 0.05) is 12.8 Å². The molecule has 510 valence electrons. The number of hydrogen-bond acceptors (Lipinski definition) is 8. The molecule has 0 saturated heterocycles. The van der Waals surface area contributed by atoms with Gasteiger partial charge in [0.1, 0.15) is 13.2 Å². The van der Waals surface area contributed by atoms with Gasteiger partial charge in [-0.05, 0) is 77.0 Å². The molecule has 9 nitrogen and oxygen atoms in total. The van der Waals surface area contributed by atoms with Gasteiger partial charge >= 0.3 is 11.9 Å². The first-order valence-electron chi connectivity index (χ1n) is 37.8. The van der Waals surface area contributed by atoms with Gasteiger partial charge in [0.05, 0.1) is 40.3 Å². The highest BCUT2D eigenvalue weighted by Crippen LogP contribution is 2.19. The summed E-state index contributed by atoms with van der Waals surface area (Å²) in [4.78, 5) is 37.5. The van der Waals surface area contributed by atoms with E-state index in [1.807, 2.05) is 21.1 Å². The van der Waals surface area contributed by atoms with Crippen molar-refractivity contribution < 1.29 is 42.9 Å². The summed E-state index contributed by atoms with van der Waals surface area (Å²) in [5.74, 6) is -2.26. The highest BCUT2D eigenvalue weighted by atomic mass is 16.7. The van der Waals surface area contributed by atoms with Gasteiger partial charge in [0.25, 0.3) is 0 Å². The molecule has 9 heteroatoms. The van der Waals surface area contributed by atoms with Crippen molar-refractivity contribution in [3.63, 3.8) is 0 Å². The number of carboxylic acids is 1. The summed E-state index contributed by atoms with van der Waals surface area (Å²) < 4.78 is 22.8. The number of carbonyl (C=O) groups excluding carboxylic acids is 3. The minimum Gasteiger partial charge on any atom is -0.545 e. The van der Waals surface area contributed by atoms with Gasteiger partial charge in [-0.3, -0.25) is 9.59 Å². The fourth-order valence-corrected chi connectivity index (χ4v) is 11.2. The number of ether oxygens (including phenoxy) is 4. The molecule has 0 aromatic rings. The molecule has 0 aromatic carbocycles. The second kappa shape index (κ2) is 69.1. The quantitative estimate of drug-likeness (QED) is 0.0195. The molecule has 0 amide bonds. The third-order valence-electron chi connectivity index (χ3n) is 17.0. The first-order valence-corrected chi connectivity index (χ1v) is 37.8. The zero-order valence-corrected chi connectivity index (χ0v) is 58.4. The summed E-state index contributed by atoms with van der Waals surface area (Å²) in [6, 6.07) is 0. The molecular weight excluding hydrogens is 1080 g/mol. The number of quaternary nitrogens is 1. The molecule has 2 unspecified atom stereocenters. The highest BCUT2D eigenvalue weighted by molar-refractivity contribution is 5.70. The van der Waals surface area contributed by atoms with Crippen LogP contribution in [0, 0.1) is 0 Å². The number of aliphatic carboxylic acids is 1. The summed E-state index contributed by atoms with van der Waals surface area (Å²) >= 11 is 0. The van der Waals surface area contributed by atoms with Crippen LogP contribution in [0.4, 0.5) is 0 Å². The van der Waals surface area contributed by atoms with E-state index in [2.05, 4.69) is 62.5 Å². The standard InChI is InChI=1S/C78H145NO8/c1-6-8-10-12-14-16-18-20-22-24-26-28-30-32-33-34-35-36-37-38-39-40-41-42-43-45-47-49-51-53-55-57-59-61-63-65-67-69-76(81)87-74(73-86-78(77(82)83)84-71-70-79(3,4)5)72-85-75(80)68-66-64-62-60-58-56-54-52-50-48-46-44-31-29-27-25-23-21-19-17-15-13-11-9-7-2/h18-21,24-27,74,78H,6-17,22-23,28-73H2,1-5H3/b20-18-,21-19-,26-24-,27-25-. The van der Waals surface area contributed by atoms with E-state index in [4.69, 9.17) is 18.9 Å². The smallest absolute Gasteiger partial charge is 0.306 e. The van der Waals surface area contributed by atoms with Crippen LogP contribution in [0.5, 0.6) is 0 Å². The zero-order valence-electron chi connectivity index (χ0n) is 58.4. The van der Waals surface area contributed by atoms with Crippen LogP contribution in [-0.4, -0.2) is 82.3 Å². The summed E-state index contributed by atoms with van der Waals surface area (Å²) in [5, 5.41) is 11.8. The summed E-state index contributed by atoms with van der Waals surface area (Å²) in [5.41, 5.74) is 0. The molecular formula is C78H145NO8. The number of esters is 2. The van der Waals surface area contributed by atoms with E-state index >= 15 is 0 Å². The molecule has 0 radical (unpaired) electrons. The maximum absolute atomic E-state index is 13.0. The number of rotatable bonds is 71. The largest absolute Gasteiger partial charge is 0.545 e. The van der Waals surface area contributed by atoms with E-state index in [9.17, 15) is 19.5 Å². The Morgan fingerprint density at radius 1 is 0.345 bits per heavy atom. The predicted molar refractivity (Wildman–Crippen MR) is 371 cm³/mol. The summed E-state index contributed by atoms with van der Waals surface area (Å²) in [7, 11) is 5.94. The normalized spacial score (nSPS) is 12.9. The van der Waals surface area contributed by atoms with Crippen LogP contribution in [0.1, 0.15) is 373 Å². The van der Waals surface area contributed by atoms with Crippen LogP contribution in [0.15, 0.2) is 48.6 Å². The van der Waals surface area contributed by atoms with Gasteiger partial charge in [0.2, 0.25) is 0 Å². The second-order valence-electron chi connectivity index (χ2n) is 26.9. The molecule has 0 aliphatic carbocycles. The lowest BCUT2D eigenvalue weighted by molar-refractivity contribution is -0.870. The Kier molecular flexibility index (Phi) is 67.0. The lowest BCUT2D eigenvalue weighted by Gasteiger charge is -2.26. The fourth-order valence-electron chi connectivity index (χ4n) is 11.2. The van der Waals surface area contributed by atoms with Crippen molar-refractivity contribution in [2.45, 2.75) is 386 Å². The van der Waals surface area contributed by atoms with Crippen molar-refractivity contribution in [1.82, 2.24) is 0 Å². The summed E-state index contributed by atoms with van der Waals surface area (Å²) in [6.07, 6.45) is 86.5. The Balaban J connectivity index is 3.99. The lowest BCUT2D eigenvalue weighted by atomic mass is 10.0. The first-order chi connectivity index (χ1) is 42.6. The average molecular weight is 1230 g/mol. The number of carboxylic acid groups (broad SMARTS) is 1. The molecule has 0 aromatic heterocycles. The number of likely N-dealkylation sites (N-methyl/N-ethyl adjacent to an activating group) is 1. The second-order valence-corrected chi connectivity index (χ2v) is 26.9. The van der Waals surface area contributed by atoms with E-state index in [0.717, 1.165) is 51.4 Å². The van der Waals surface area contributed by atoms with E-state index in [-0.39, 0.29) is 32.2 Å². The SMILES string of the molecule is CCCCCCC/C=C\C/C=C\CCCCCCCCCCCCCCCCCCCCCCCCCCCC(=O)OC(COC(=O)CCCCCCCCCCCCCCC/C=C\C/C=C\CCCCCCC)COC(OCC[N+](C)(C)C)C(=O)[O-]. The predicted octanol–water partition coefficient (Wildman–Crippen LogP) is 22.4. The topological polar surface area (TPSA) is 111 Å². The maximum Gasteiger partial charge on any atom is 0.306 e. The Labute approximate surface area is 540 Å². The van der Waals surface area contributed by atoms with Gasteiger partial charge in [0.15, 0.2) is 12.4 Å². The van der Waals surface area contributed by atoms with Gasteiger partial charge in [-0.2, -0.15) is 0 Å². The molecule has 0 N–H and O–H groups in total. The Bertz CT molecular complexity index is 1570. The minimum absolute atomic E-state index is 0.150. The Morgan fingerprint density at radius 3 is 0.908 bits per heavy atom. The highest BCUT2D eigenvalue weighted by Gasteiger charge is 2.22. The number of unbranched alkanes of at least 4 members (excludes halogenated alkanes) is 48. The van der Waals surface area contributed by atoms with Gasteiger partial charge in [-0.25, -0.2) is 0 Å². The van der Waals surface area contributed by atoms with Crippen molar-refractivity contribution in [1.29, 1.82) is 0 Å². The number of hydrogen-bond donors (Lipinski definition) is 0. The summed E-state index contributed by atoms with van der Waals surface area (Å²) in [6.45, 7) is 4.79. The third-order valence-corrected chi connectivity index (χ3v) is 17.0. The number of carbonyl (C=O) groups is 3. The monoisotopic (exact) mass is 1220 g/mol. The molecule has 0 spiro atoms. The van der Waals surface area contributed by atoms with E-state index in [0.29, 0.717) is 17.4 Å². The van der Waals surface area contributed by atoms with Crippen LogP contribution in [0.25, 0.3) is 0 Å². The van der Waals surface area contributed by atoms with Gasteiger partial charge in [-0.1, -0.05) is 332 Å². The maximum atomic E-state index is 13.0. The average Bonchev–Trinajstić information content (AvgIpc) is 3.57. The Morgan fingerprint density at radius 2 is 0.621 bits per heavy atom. The van der Waals surface area contributed by atoms with E-state index < -0.39 is 24.3 Å². The molecule has 2 atom stereocenters. The van der Waals surface area contributed by atoms with Crippen LogP contribution in [0.3, 0.4) is 0 Å². The molecule has 0 heterocycles. The van der Waals surface area contributed by atoms with Crippen molar-refractivity contribution in [3.05, 3.63) is 48.6 Å². The Hall–Kier alpha value is -2.75. The van der Waals surface area contributed by atoms with Crippen molar-refractivity contribution in [2.24, 2.45) is 0 Å². The van der Waals surface area contributed by atoms with Crippen LogP contribution in [-0.2, 0) is 33.3 Å². The minimum atomic E-state index is -1.62.